The highest BCUT2D eigenvalue weighted by Gasteiger charge is 2.25. The summed E-state index contributed by atoms with van der Waals surface area (Å²) in [5, 5.41) is 6.12. The van der Waals surface area contributed by atoms with Crippen LogP contribution in [-0.4, -0.2) is 48.9 Å². The number of nitrogens with one attached hydrogen (secondary N) is 1. The van der Waals surface area contributed by atoms with Crippen molar-refractivity contribution in [3.8, 4) is 0 Å². The summed E-state index contributed by atoms with van der Waals surface area (Å²) in [7, 11) is -3.73. The second-order valence-corrected chi connectivity index (χ2v) is 8.36. The number of carbonyl (C=O) groups is 2. The maximum atomic E-state index is 12.7. The number of nitrogens with zero attached hydrogens (tertiary/aromatic N) is 2. The number of hydrogen-bond donors (Lipinski definition) is 1. The average molecular weight is 423 g/mol. The number of aromatic nitrogens is 1. The summed E-state index contributed by atoms with van der Waals surface area (Å²) in [5.74, 6) is -0.653. The van der Waals surface area contributed by atoms with Gasteiger partial charge in [-0.05, 0) is 38.5 Å². The standard InChI is InChI=1S/C19H25N3O6S/c1-6-22(7-2)29(25,26)15-9-8-12(3)16(11-15)19(24)27-14(5)18(23)20-17-10-13(4)28-21-17/h8-11,14H,6-7H2,1-5H3,(H,20,21,23)/t14-/m0/s1. The van der Waals surface area contributed by atoms with E-state index >= 15 is 0 Å². The highest BCUT2D eigenvalue weighted by molar-refractivity contribution is 7.89. The topological polar surface area (TPSA) is 119 Å². The van der Waals surface area contributed by atoms with Crippen LogP contribution < -0.4 is 5.32 Å². The quantitative estimate of drug-likeness (QED) is 0.648. The highest BCUT2D eigenvalue weighted by atomic mass is 32.2. The molecule has 0 radical (unpaired) electrons. The summed E-state index contributed by atoms with van der Waals surface area (Å²) in [6, 6.07) is 5.79. The number of aryl methyl sites for hydroxylation is 2. The van der Waals surface area contributed by atoms with Crippen molar-refractivity contribution in [2.45, 2.75) is 45.6 Å². The normalized spacial score (nSPS) is 12.6. The molecule has 1 heterocycles. The van der Waals surface area contributed by atoms with Crippen molar-refractivity contribution in [2.24, 2.45) is 0 Å². The molecule has 1 N–H and O–H groups in total. The molecular weight excluding hydrogens is 398 g/mol. The van der Waals surface area contributed by atoms with Crippen molar-refractivity contribution < 1.29 is 27.3 Å². The minimum atomic E-state index is -3.73. The first kappa shape index (κ1) is 22.6. The first-order valence-corrected chi connectivity index (χ1v) is 10.6. The van der Waals surface area contributed by atoms with Gasteiger partial charge in [0.1, 0.15) is 5.76 Å². The van der Waals surface area contributed by atoms with Gasteiger partial charge in [0, 0.05) is 19.2 Å². The molecule has 29 heavy (non-hydrogen) atoms. The Bertz CT molecular complexity index is 995. The van der Waals surface area contributed by atoms with Gasteiger partial charge in [-0.25, -0.2) is 13.2 Å². The van der Waals surface area contributed by atoms with Crippen molar-refractivity contribution >= 4 is 27.7 Å². The summed E-state index contributed by atoms with van der Waals surface area (Å²) in [6.45, 7) is 8.84. The predicted octanol–water partition coefficient (Wildman–Crippen LogP) is 2.51. The van der Waals surface area contributed by atoms with Crippen molar-refractivity contribution in [2.75, 3.05) is 18.4 Å². The van der Waals surface area contributed by atoms with Gasteiger partial charge in [-0.1, -0.05) is 25.1 Å². The van der Waals surface area contributed by atoms with Gasteiger partial charge >= 0.3 is 5.97 Å². The second-order valence-electron chi connectivity index (χ2n) is 6.43. The lowest BCUT2D eigenvalue weighted by molar-refractivity contribution is -0.123. The zero-order valence-corrected chi connectivity index (χ0v) is 17.9. The minimum absolute atomic E-state index is 0.00562. The molecule has 158 valence electrons. The Morgan fingerprint density at radius 3 is 2.41 bits per heavy atom. The number of amides is 1. The molecule has 9 nitrogen and oxygen atoms in total. The average Bonchev–Trinajstić information content (AvgIpc) is 3.07. The van der Waals surface area contributed by atoms with E-state index < -0.39 is 28.0 Å². The van der Waals surface area contributed by atoms with Gasteiger partial charge in [0.05, 0.1) is 10.5 Å². The van der Waals surface area contributed by atoms with E-state index in [1.165, 1.54) is 35.5 Å². The van der Waals surface area contributed by atoms with Gasteiger partial charge in [-0.15, -0.1) is 0 Å². The molecule has 0 fully saturated rings. The van der Waals surface area contributed by atoms with E-state index in [1.54, 1.807) is 27.7 Å². The van der Waals surface area contributed by atoms with Gasteiger partial charge in [-0.2, -0.15) is 4.31 Å². The van der Waals surface area contributed by atoms with E-state index in [0.29, 0.717) is 24.4 Å². The van der Waals surface area contributed by atoms with Crippen molar-refractivity contribution in [3.63, 3.8) is 0 Å². The Labute approximate surface area is 170 Å². The molecule has 0 aliphatic carbocycles. The Kier molecular flexibility index (Phi) is 7.15. The number of rotatable bonds is 8. The van der Waals surface area contributed by atoms with Crippen molar-refractivity contribution in [3.05, 3.63) is 41.2 Å². The number of benzene rings is 1. The van der Waals surface area contributed by atoms with Crippen LogP contribution in [0.25, 0.3) is 0 Å². The van der Waals surface area contributed by atoms with Gasteiger partial charge in [0.2, 0.25) is 10.0 Å². The molecule has 0 spiro atoms. The van der Waals surface area contributed by atoms with Gasteiger partial charge in [-0.3, -0.25) is 4.79 Å². The van der Waals surface area contributed by atoms with Crippen molar-refractivity contribution in [1.29, 1.82) is 0 Å². The zero-order valence-electron chi connectivity index (χ0n) is 17.1. The van der Waals surface area contributed by atoms with Crippen LogP contribution in [0.5, 0.6) is 0 Å². The smallest absolute Gasteiger partial charge is 0.339 e. The van der Waals surface area contributed by atoms with Crippen LogP contribution in [0.4, 0.5) is 5.82 Å². The molecule has 0 saturated heterocycles. The summed E-state index contributed by atoms with van der Waals surface area (Å²) in [6.07, 6.45) is -1.12. The number of sulfonamides is 1. The molecule has 1 amide bonds. The van der Waals surface area contributed by atoms with E-state index in [9.17, 15) is 18.0 Å². The molecule has 1 atom stereocenters. The Morgan fingerprint density at radius 2 is 1.86 bits per heavy atom. The fourth-order valence-electron chi connectivity index (χ4n) is 2.62. The lowest BCUT2D eigenvalue weighted by Gasteiger charge is -2.19. The largest absolute Gasteiger partial charge is 0.449 e. The SMILES string of the molecule is CCN(CC)S(=O)(=O)c1ccc(C)c(C(=O)O[C@@H](C)C(=O)Nc2cc(C)on2)c1. The van der Waals surface area contributed by atoms with Gasteiger partial charge in [0.25, 0.3) is 5.91 Å². The maximum absolute atomic E-state index is 12.7. The molecule has 0 aliphatic rings. The predicted molar refractivity (Wildman–Crippen MR) is 106 cm³/mol. The fraction of sp³-hybridized carbons (Fsp3) is 0.421. The monoisotopic (exact) mass is 423 g/mol. The van der Waals surface area contributed by atoms with Gasteiger partial charge in [0.15, 0.2) is 11.9 Å². The van der Waals surface area contributed by atoms with Gasteiger partial charge < -0.3 is 14.6 Å². The molecule has 10 heteroatoms. The van der Waals surface area contributed by atoms with E-state index in [-0.39, 0.29) is 16.3 Å². The van der Waals surface area contributed by atoms with E-state index in [1.807, 2.05) is 0 Å². The Hall–Kier alpha value is -2.72. The molecule has 1 aromatic heterocycles. The fourth-order valence-corrected chi connectivity index (χ4v) is 4.11. The molecule has 2 aromatic rings. The summed E-state index contributed by atoms with van der Waals surface area (Å²) in [4.78, 5) is 24.8. The summed E-state index contributed by atoms with van der Waals surface area (Å²) in [5.41, 5.74) is 0.614. The van der Waals surface area contributed by atoms with Crippen LogP contribution in [0, 0.1) is 13.8 Å². The molecule has 0 bridgehead atoms. The summed E-state index contributed by atoms with van der Waals surface area (Å²) < 4.78 is 36.8. The molecule has 2 rings (SSSR count). The van der Waals surface area contributed by atoms with Crippen LogP contribution in [0.15, 0.2) is 33.7 Å². The third kappa shape index (κ3) is 5.21. The van der Waals surface area contributed by atoms with Crippen LogP contribution in [-0.2, 0) is 19.6 Å². The lowest BCUT2D eigenvalue weighted by Crippen LogP contribution is -2.31. The maximum Gasteiger partial charge on any atom is 0.339 e. The van der Waals surface area contributed by atoms with Crippen LogP contribution >= 0.6 is 0 Å². The number of anilines is 1. The third-order valence-corrected chi connectivity index (χ3v) is 6.35. The molecule has 1 aromatic carbocycles. The molecule has 0 unspecified atom stereocenters. The third-order valence-electron chi connectivity index (χ3n) is 4.30. The van der Waals surface area contributed by atoms with E-state index in [2.05, 4.69) is 10.5 Å². The molecule has 0 saturated carbocycles. The Balaban J connectivity index is 2.18. The van der Waals surface area contributed by atoms with E-state index in [4.69, 9.17) is 9.26 Å². The number of hydrogen-bond acceptors (Lipinski definition) is 7. The van der Waals surface area contributed by atoms with Crippen molar-refractivity contribution in [1.82, 2.24) is 9.46 Å². The van der Waals surface area contributed by atoms with Crippen LogP contribution in [0.3, 0.4) is 0 Å². The van der Waals surface area contributed by atoms with Crippen LogP contribution in [0.2, 0.25) is 0 Å². The zero-order chi connectivity index (χ0) is 21.8. The minimum Gasteiger partial charge on any atom is -0.449 e. The molecule has 0 aliphatic heterocycles. The molecular formula is C19H25N3O6S. The van der Waals surface area contributed by atoms with E-state index in [0.717, 1.165) is 0 Å². The number of ether oxygens (including phenoxy) is 1. The van der Waals surface area contributed by atoms with Crippen LogP contribution in [0.1, 0.15) is 42.5 Å². The first-order chi connectivity index (χ1) is 13.6. The number of carbonyl (C=O) groups excluding carboxylic acids is 2. The second kappa shape index (κ2) is 9.19. The first-order valence-electron chi connectivity index (χ1n) is 9.16. The Morgan fingerprint density at radius 1 is 1.21 bits per heavy atom. The number of esters is 1. The lowest BCUT2D eigenvalue weighted by atomic mass is 10.1. The highest BCUT2D eigenvalue weighted by Crippen LogP contribution is 2.21. The summed E-state index contributed by atoms with van der Waals surface area (Å²) >= 11 is 0.